The van der Waals surface area contributed by atoms with Crippen molar-refractivity contribution >= 4 is 10.2 Å². The van der Waals surface area contributed by atoms with Crippen molar-refractivity contribution in [3.63, 3.8) is 0 Å². The van der Waals surface area contributed by atoms with Crippen molar-refractivity contribution < 1.29 is 17.5 Å². The van der Waals surface area contributed by atoms with Crippen LogP contribution in [0.3, 0.4) is 0 Å². The number of nitrogens with zero attached hydrogens (tertiary/aromatic N) is 2. The third kappa shape index (κ3) is 5.28. The predicted octanol–water partition coefficient (Wildman–Crippen LogP) is 3.56. The Labute approximate surface area is 162 Å². The molecule has 0 N–H and O–H groups in total. The lowest BCUT2D eigenvalue weighted by atomic mass is 9.95. The monoisotopic (exact) mass is 398 g/mol. The lowest BCUT2D eigenvalue weighted by Crippen LogP contribution is -2.51. The molecule has 1 atom stereocenters. The molecule has 152 valence electrons. The molecule has 1 saturated heterocycles. The minimum absolute atomic E-state index is 0.0246. The van der Waals surface area contributed by atoms with Crippen molar-refractivity contribution in [1.29, 1.82) is 0 Å². The summed E-state index contributed by atoms with van der Waals surface area (Å²) in [6, 6.07) is 6.19. The number of hydrogen-bond donors (Lipinski definition) is 0. The molecule has 1 unspecified atom stereocenters. The second-order valence-corrected chi connectivity index (χ2v) is 9.67. The van der Waals surface area contributed by atoms with Crippen LogP contribution in [-0.2, 0) is 21.5 Å². The van der Waals surface area contributed by atoms with E-state index >= 15 is 0 Å². The van der Waals surface area contributed by atoms with Gasteiger partial charge in [-0.25, -0.2) is 4.39 Å². The normalized spacial score (nSPS) is 23.0. The Balaban J connectivity index is 1.82. The number of ether oxygens (including phenoxy) is 1. The van der Waals surface area contributed by atoms with Gasteiger partial charge in [-0.05, 0) is 49.3 Å². The van der Waals surface area contributed by atoms with Crippen molar-refractivity contribution in [2.75, 3.05) is 26.8 Å². The highest BCUT2D eigenvalue weighted by Crippen LogP contribution is 2.30. The molecule has 0 spiro atoms. The summed E-state index contributed by atoms with van der Waals surface area (Å²) in [6.07, 6.45) is 6.95. The van der Waals surface area contributed by atoms with Crippen LogP contribution in [0.2, 0.25) is 0 Å². The number of hydrogen-bond acceptors (Lipinski definition) is 3. The van der Waals surface area contributed by atoms with E-state index in [0.717, 1.165) is 44.1 Å². The third-order valence-electron chi connectivity index (χ3n) is 5.74. The van der Waals surface area contributed by atoms with Crippen LogP contribution in [0, 0.1) is 11.7 Å². The molecule has 0 radical (unpaired) electrons. The van der Waals surface area contributed by atoms with E-state index in [-0.39, 0.29) is 17.8 Å². The standard InChI is InChI=1S/C20H31FN2O3S/c1-26-16-18-6-5-13-22(14-18)27(24,25)23(20-7-3-2-4-8-20)15-17-9-11-19(21)12-10-17/h9-12,18,20H,2-8,13-16H2,1H3. The number of halogens is 1. The highest BCUT2D eigenvalue weighted by molar-refractivity contribution is 7.86. The van der Waals surface area contributed by atoms with Gasteiger partial charge in [-0.3, -0.25) is 0 Å². The van der Waals surface area contributed by atoms with E-state index in [0.29, 0.717) is 26.2 Å². The maximum atomic E-state index is 13.5. The molecule has 2 fully saturated rings. The quantitative estimate of drug-likeness (QED) is 0.706. The molecule has 1 aromatic carbocycles. The van der Waals surface area contributed by atoms with Crippen molar-refractivity contribution in [3.8, 4) is 0 Å². The van der Waals surface area contributed by atoms with Crippen molar-refractivity contribution in [1.82, 2.24) is 8.61 Å². The molecule has 5 nitrogen and oxygen atoms in total. The van der Waals surface area contributed by atoms with Gasteiger partial charge in [0.2, 0.25) is 0 Å². The Kier molecular flexibility index (Phi) is 7.25. The molecule has 0 amide bonds. The van der Waals surface area contributed by atoms with Gasteiger partial charge in [0.15, 0.2) is 0 Å². The van der Waals surface area contributed by atoms with E-state index < -0.39 is 10.2 Å². The van der Waals surface area contributed by atoms with Crippen LogP contribution in [-0.4, -0.2) is 49.9 Å². The summed E-state index contributed by atoms with van der Waals surface area (Å²) in [5.41, 5.74) is 0.830. The van der Waals surface area contributed by atoms with Crippen LogP contribution in [0.15, 0.2) is 24.3 Å². The van der Waals surface area contributed by atoms with Gasteiger partial charge in [-0.15, -0.1) is 0 Å². The van der Waals surface area contributed by atoms with Gasteiger partial charge >= 0.3 is 0 Å². The van der Waals surface area contributed by atoms with Crippen LogP contribution in [0.25, 0.3) is 0 Å². The lowest BCUT2D eigenvalue weighted by molar-refractivity contribution is 0.114. The van der Waals surface area contributed by atoms with Crippen LogP contribution >= 0.6 is 0 Å². The minimum atomic E-state index is -3.57. The average Bonchev–Trinajstić information content (AvgIpc) is 2.68. The molecular formula is C20H31FN2O3S. The maximum Gasteiger partial charge on any atom is 0.282 e. The first-order valence-electron chi connectivity index (χ1n) is 10.0. The van der Waals surface area contributed by atoms with Gasteiger partial charge in [0.1, 0.15) is 5.82 Å². The fraction of sp³-hybridized carbons (Fsp3) is 0.700. The largest absolute Gasteiger partial charge is 0.384 e. The summed E-state index contributed by atoms with van der Waals surface area (Å²) < 4.78 is 48.9. The zero-order chi connectivity index (χ0) is 19.3. The number of piperidine rings is 1. The highest BCUT2D eigenvalue weighted by Gasteiger charge is 2.37. The Hall–Kier alpha value is -1.02. The third-order valence-corrected chi connectivity index (χ3v) is 7.74. The molecule has 27 heavy (non-hydrogen) atoms. The van der Waals surface area contributed by atoms with Gasteiger partial charge in [-0.1, -0.05) is 31.4 Å². The van der Waals surface area contributed by atoms with Crippen LogP contribution in [0.5, 0.6) is 0 Å². The molecule has 3 rings (SSSR count). The Morgan fingerprint density at radius 1 is 1.11 bits per heavy atom. The Morgan fingerprint density at radius 2 is 1.81 bits per heavy atom. The number of methoxy groups -OCH3 is 1. The van der Waals surface area contributed by atoms with Gasteiger partial charge in [0, 0.05) is 32.8 Å². The molecule has 7 heteroatoms. The average molecular weight is 399 g/mol. The summed E-state index contributed by atoms with van der Waals surface area (Å²) in [4.78, 5) is 0. The zero-order valence-electron chi connectivity index (χ0n) is 16.1. The first-order chi connectivity index (χ1) is 13.0. The predicted molar refractivity (Wildman–Crippen MR) is 104 cm³/mol. The first-order valence-corrected chi connectivity index (χ1v) is 11.4. The van der Waals surface area contributed by atoms with Crippen LogP contribution < -0.4 is 0 Å². The number of benzene rings is 1. The van der Waals surface area contributed by atoms with Gasteiger partial charge < -0.3 is 4.74 Å². The van der Waals surface area contributed by atoms with E-state index in [2.05, 4.69) is 0 Å². The second kappa shape index (κ2) is 9.45. The SMILES string of the molecule is COCC1CCCN(S(=O)(=O)N(Cc2ccc(F)cc2)C2CCCCC2)C1. The summed E-state index contributed by atoms with van der Waals surface area (Å²) in [5, 5.41) is 0. The molecule has 0 bridgehead atoms. The maximum absolute atomic E-state index is 13.5. The van der Waals surface area contributed by atoms with Crippen molar-refractivity contribution in [2.45, 2.75) is 57.5 Å². The Morgan fingerprint density at radius 3 is 2.48 bits per heavy atom. The molecule has 1 aromatic rings. The fourth-order valence-corrected chi connectivity index (χ4v) is 6.25. The van der Waals surface area contributed by atoms with E-state index in [1.54, 1.807) is 27.9 Å². The summed E-state index contributed by atoms with van der Waals surface area (Å²) in [7, 11) is -1.90. The lowest BCUT2D eigenvalue weighted by Gasteiger charge is -2.39. The summed E-state index contributed by atoms with van der Waals surface area (Å²) >= 11 is 0. The fourth-order valence-electron chi connectivity index (χ4n) is 4.29. The van der Waals surface area contributed by atoms with Gasteiger partial charge in [0.05, 0.1) is 6.61 Å². The zero-order valence-corrected chi connectivity index (χ0v) is 17.0. The van der Waals surface area contributed by atoms with E-state index in [9.17, 15) is 12.8 Å². The summed E-state index contributed by atoms with van der Waals surface area (Å²) in [6.45, 7) is 1.98. The summed E-state index contributed by atoms with van der Waals surface area (Å²) in [5.74, 6) is -0.0539. The molecular weight excluding hydrogens is 367 g/mol. The molecule has 1 aliphatic heterocycles. The molecule has 1 aliphatic carbocycles. The smallest absolute Gasteiger partial charge is 0.282 e. The van der Waals surface area contributed by atoms with E-state index in [4.69, 9.17) is 4.74 Å². The van der Waals surface area contributed by atoms with Gasteiger partial charge in [0.25, 0.3) is 10.2 Å². The first kappa shape index (κ1) is 20.7. The topological polar surface area (TPSA) is 49.9 Å². The van der Waals surface area contributed by atoms with Crippen LogP contribution in [0.1, 0.15) is 50.5 Å². The van der Waals surface area contributed by atoms with Crippen molar-refractivity contribution in [2.24, 2.45) is 5.92 Å². The molecule has 1 saturated carbocycles. The van der Waals surface area contributed by atoms with Crippen LogP contribution in [0.4, 0.5) is 4.39 Å². The molecule has 0 aromatic heterocycles. The highest BCUT2D eigenvalue weighted by atomic mass is 32.2. The van der Waals surface area contributed by atoms with E-state index in [1.807, 2.05) is 0 Å². The molecule has 1 heterocycles. The number of rotatable bonds is 7. The van der Waals surface area contributed by atoms with Gasteiger partial charge in [-0.2, -0.15) is 17.0 Å². The van der Waals surface area contributed by atoms with E-state index in [1.165, 1.54) is 18.6 Å². The minimum Gasteiger partial charge on any atom is -0.384 e. The molecule has 2 aliphatic rings. The van der Waals surface area contributed by atoms with Crippen molar-refractivity contribution in [3.05, 3.63) is 35.6 Å². The Bertz CT molecular complexity index is 688. The second-order valence-electron chi connectivity index (χ2n) is 7.79.